The lowest BCUT2D eigenvalue weighted by Crippen LogP contribution is -2.37. The normalized spacial score (nSPS) is 13.6. The van der Waals surface area contributed by atoms with Crippen molar-refractivity contribution < 1.29 is 19.1 Å². The zero-order chi connectivity index (χ0) is 20.5. The summed E-state index contributed by atoms with van der Waals surface area (Å²) in [5.74, 6) is 0.415. The minimum Gasteiger partial charge on any atom is -0.494 e. The Hall–Kier alpha value is -2.73. The molecule has 0 atom stereocenters. The first-order valence-electron chi connectivity index (χ1n) is 9.69. The van der Waals surface area contributed by atoms with Crippen molar-refractivity contribution in [3.05, 3.63) is 66.2 Å². The van der Waals surface area contributed by atoms with Gasteiger partial charge in [-0.05, 0) is 48.7 Å². The van der Waals surface area contributed by atoms with Crippen LogP contribution < -0.4 is 4.74 Å². The first-order chi connectivity index (χ1) is 14.2. The van der Waals surface area contributed by atoms with Crippen molar-refractivity contribution in [2.45, 2.75) is 18.2 Å². The third-order valence-corrected chi connectivity index (χ3v) is 5.54. The van der Waals surface area contributed by atoms with Gasteiger partial charge in [0.05, 0.1) is 12.4 Å². The highest BCUT2D eigenvalue weighted by molar-refractivity contribution is 8.00. The maximum Gasteiger partial charge on any atom is 0.316 e. The Kier molecular flexibility index (Phi) is 7.76. The summed E-state index contributed by atoms with van der Waals surface area (Å²) in [6.07, 6.45) is 2.87. The Labute approximate surface area is 175 Å². The number of amides is 1. The smallest absolute Gasteiger partial charge is 0.316 e. The van der Waals surface area contributed by atoms with E-state index in [1.807, 2.05) is 49.4 Å². The zero-order valence-corrected chi connectivity index (χ0v) is 17.3. The van der Waals surface area contributed by atoms with Gasteiger partial charge in [-0.1, -0.05) is 36.4 Å². The van der Waals surface area contributed by atoms with Gasteiger partial charge in [0.1, 0.15) is 5.75 Å². The molecule has 2 aromatic carbocycles. The molecular formula is C23H25NO4S. The first-order valence-corrected chi connectivity index (χ1v) is 10.7. The molecule has 0 radical (unpaired) electrons. The van der Waals surface area contributed by atoms with Crippen LogP contribution in [0.4, 0.5) is 0 Å². The lowest BCUT2D eigenvalue weighted by atomic mass is 10.00. The Morgan fingerprint density at radius 1 is 1.07 bits per heavy atom. The lowest BCUT2D eigenvalue weighted by Gasteiger charge is -2.26. The second-order valence-corrected chi connectivity index (χ2v) is 7.59. The molecule has 0 fully saturated rings. The van der Waals surface area contributed by atoms with Crippen LogP contribution >= 0.6 is 11.8 Å². The number of nitrogens with zero attached hydrogens (tertiary/aromatic N) is 1. The SMILES string of the molecule is CCOc1ccc(SCC(=O)OCC(=O)N2CC=C(c3ccccc3)CC2)cc1. The molecular weight excluding hydrogens is 386 g/mol. The van der Waals surface area contributed by atoms with E-state index in [1.165, 1.54) is 22.9 Å². The van der Waals surface area contributed by atoms with Crippen LogP contribution in [0.15, 0.2) is 65.6 Å². The van der Waals surface area contributed by atoms with Gasteiger partial charge in [-0.3, -0.25) is 9.59 Å². The summed E-state index contributed by atoms with van der Waals surface area (Å²) in [6.45, 7) is 3.52. The average Bonchev–Trinajstić information content (AvgIpc) is 2.78. The van der Waals surface area contributed by atoms with Gasteiger partial charge >= 0.3 is 5.97 Å². The number of carbonyl (C=O) groups excluding carboxylic acids is 2. The Morgan fingerprint density at radius 3 is 2.48 bits per heavy atom. The maximum absolute atomic E-state index is 12.3. The van der Waals surface area contributed by atoms with Crippen LogP contribution in [0, 0.1) is 0 Å². The summed E-state index contributed by atoms with van der Waals surface area (Å²) in [4.78, 5) is 26.9. The molecule has 1 aliphatic rings. The number of ether oxygens (including phenoxy) is 2. The van der Waals surface area contributed by atoms with Crippen molar-refractivity contribution in [2.75, 3.05) is 32.1 Å². The number of hydrogen-bond donors (Lipinski definition) is 0. The topological polar surface area (TPSA) is 55.8 Å². The largest absolute Gasteiger partial charge is 0.494 e. The van der Waals surface area contributed by atoms with Crippen LogP contribution in [-0.2, 0) is 14.3 Å². The van der Waals surface area contributed by atoms with Gasteiger partial charge in [-0.2, -0.15) is 0 Å². The van der Waals surface area contributed by atoms with Gasteiger partial charge in [0.25, 0.3) is 5.91 Å². The van der Waals surface area contributed by atoms with Gasteiger partial charge in [-0.25, -0.2) is 0 Å². The summed E-state index contributed by atoms with van der Waals surface area (Å²) in [6, 6.07) is 17.7. The van der Waals surface area contributed by atoms with E-state index < -0.39 is 5.97 Å². The Balaban J connectivity index is 1.39. The molecule has 152 valence electrons. The van der Waals surface area contributed by atoms with Gasteiger partial charge in [0.15, 0.2) is 6.61 Å². The first kappa shape index (κ1) is 21.0. The molecule has 0 saturated heterocycles. The second kappa shape index (κ2) is 10.7. The van der Waals surface area contributed by atoms with E-state index in [2.05, 4.69) is 18.2 Å². The molecule has 0 unspecified atom stereocenters. The number of rotatable bonds is 8. The summed E-state index contributed by atoms with van der Waals surface area (Å²) < 4.78 is 10.5. The zero-order valence-electron chi connectivity index (χ0n) is 16.5. The molecule has 1 heterocycles. The fourth-order valence-electron chi connectivity index (χ4n) is 3.03. The minimum atomic E-state index is -0.394. The highest BCUT2D eigenvalue weighted by Gasteiger charge is 2.19. The van der Waals surface area contributed by atoms with E-state index in [4.69, 9.17) is 9.47 Å². The van der Waals surface area contributed by atoms with Crippen LogP contribution in [0.1, 0.15) is 18.9 Å². The van der Waals surface area contributed by atoms with Gasteiger partial charge in [0, 0.05) is 18.0 Å². The van der Waals surface area contributed by atoms with Gasteiger partial charge in [0.2, 0.25) is 0 Å². The van der Waals surface area contributed by atoms with Gasteiger partial charge < -0.3 is 14.4 Å². The van der Waals surface area contributed by atoms with Crippen LogP contribution in [0.3, 0.4) is 0 Å². The molecule has 3 rings (SSSR count). The van der Waals surface area contributed by atoms with Crippen molar-refractivity contribution in [1.82, 2.24) is 4.90 Å². The molecule has 0 bridgehead atoms. The van der Waals surface area contributed by atoms with Crippen molar-refractivity contribution in [2.24, 2.45) is 0 Å². The Bertz CT molecular complexity index is 849. The van der Waals surface area contributed by atoms with Crippen molar-refractivity contribution in [3.63, 3.8) is 0 Å². The standard InChI is InChI=1S/C23H25NO4S/c1-2-27-20-8-10-21(11-9-20)29-17-23(26)28-16-22(25)24-14-12-19(13-15-24)18-6-4-3-5-7-18/h3-12H,2,13-17H2,1H3. The van der Waals surface area contributed by atoms with Crippen LogP contribution in [0.25, 0.3) is 5.57 Å². The fraction of sp³-hybridized carbons (Fsp3) is 0.304. The van der Waals surface area contributed by atoms with Crippen LogP contribution in [0.5, 0.6) is 5.75 Å². The molecule has 0 spiro atoms. The van der Waals surface area contributed by atoms with Gasteiger partial charge in [-0.15, -0.1) is 11.8 Å². The van der Waals surface area contributed by atoms with Crippen molar-refractivity contribution in [1.29, 1.82) is 0 Å². The molecule has 0 aromatic heterocycles. The van der Waals surface area contributed by atoms with Crippen molar-refractivity contribution >= 4 is 29.2 Å². The van der Waals surface area contributed by atoms with E-state index in [9.17, 15) is 9.59 Å². The monoisotopic (exact) mass is 411 g/mol. The molecule has 0 aliphatic carbocycles. The molecule has 0 N–H and O–H groups in total. The highest BCUT2D eigenvalue weighted by atomic mass is 32.2. The summed E-state index contributed by atoms with van der Waals surface area (Å²) in [7, 11) is 0. The van der Waals surface area contributed by atoms with E-state index >= 15 is 0 Å². The predicted molar refractivity (Wildman–Crippen MR) is 115 cm³/mol. The van der Waals surface area contributed by atoms with Crippen LogP contribution in [-0.4, -0.2) is 48.8 Å². The molecule has 2 aromatic rings. The minimum absolute atomic E-state index is 0.159. The molecule has 0 saturated carbocycles. The molecule has 5 nitrogen and oxygen atoms in total. The van der Waals surface area contributed by atoms with Crippen molar-refractivity contribution in [3.8, 4) is 5.75 Å². The number of hydrogen-bond acceptors (Lipinski definition) is 5. The van der Waals surface area contributed by atoms with E-state index in [0.29, 0.717) is 19.7 Å². The van der Waals surface area contributed by atoms with Crippen LogP contribution in [0.2, 0.25) is 0 Å². The number of benzene rings is 2. The second-order valence-electron chi connectivity index (χ2n) is 6.54. The fourth-order valence-corrected chi connectivity index (χ4v) is 3.72. The average molecular weight is 412 g/mol. The lowest BCUT2D eigenvalue weighted by molar-refractivity contribution is -0.149. The quantitative estimate of drug-likeness (QED) is 0.485. The summed E-state index contributed by atoms with van der Waals surface area (Å²) in [5, 5.41) is 0. The molecule has 1 aliphatic heterocycles. The number of esters is 1. The Morgan fingerprint density at radius 2 is 1.83 bits per heavy atom. The molecule has 6 heteroatoms. The summed E-state index contributed by atoms with van der Waals surface area (Å²) in [5.41, 5.74) is 2.44. The van der Waals surface area contributed by atoms with E-state index in [1.54, 1.807) is 4.90 Å². The predicted octanol–water partition coefficient (Wildman–Crippen LogP) is 4.04. The number of thioether (sulfide) groups is 1. The number of carbonyl (C=O) groups is 2. The molecule has 29 heavy (non-hydrogen) atoms. The third-order valence-electron chi connectivity index (χ3n) is 4.55. The maximum atomic E-state index is 12.3. The third kappa shape index (κ3) is 6.39. The van der Waals surface area contributed by atoms with E-state index in [0.717, 1.165) is 17.1 Å². The van der Waals surface area contributed by atoms with E-state index in [-0.39, 0.29) is 18.3 Å². The highest BCUT2D eigenvalue weighted by Crippen LogP contribution is 2.23. The summed E-state index contributed by atoms with van der Waals surface area (Å²) >= 11 is 1.38. The molecule has 1 amide bonds.